The van der Waals surface area contributed by atoms with E-state index in [9.17, 15) is 4.79 Å². The van der Waals surface area contributed by atoms with E-state index in [2.05, 4.69) is 0 Å². The summed E-state index contributed by atoms with van der Waals surface area (Å²) in [6.45, 7) is 2.74. The molecule has 2 N–H and O–H groups in total. The van der Waals surface area contributed by atoms with Gasteiger partial charge < -0.3 is 15.0 Å². The topological polar surface area (TPSA) is 57.2 Å². The molecule has 1 unspecified atom stereocenters. The molecule has 0 aliphatic carbocycles. The molecule has 0 radical (unpaired) electrons. The van der Waals surface area contributed by atoms with Gasteiger partial charge in [0.2, 0.25) is 0 Å². The van der Waals surface area contributed by atoms with Crippen LogP contribution in [-0.4, -0.2) is 10.6 Å². The van der Waals surface area contributed by atoms with Gasteiger partial charge in [0.1, 0.15) is 6.61 Å². The average Bonchev–Trinajstić information content (AvgIpc) is 2.49. The summed E-state index contributed by atoms with van der Waals surface area (Å²) in [6.07, 6.45) is 2.54. The highest BCUT2D eigenvalue weighted by Crippen LogP contribution is 2.16. The molecule has 2 aromatic rings. The molecule has 1 aromatic carbocycles. The smallest absolute Gasteiger partial charge is 0.292 e. The van der Waals surface area contributed by atoms with E-state index < -0.39 is 0 Å². The minimum atomic E-state index is -0.173. The summed E-state index contributed by atoms with van der Waals surface area (Å²) in [4.78, 5) is 12.3. The van der Waals surface area contributed by atoms with Gasteiger partial charge in [-0.2, -0.15) is 0 Å². The monoisotopic (exact) mass is 306 g/mol. The number of pyridine rings is 1. The number of rotatable bonds is 6. The van der Waals surface area contributed by atoms with Crippen molar-refractivity contribution in [2.24, 2.45) is 5.73 Å². The van der Waals surface area contributed by atoms with E-state index >= 15 is 0 Å². The van der Waals surface area contributed by atoms with Crippen LogP contribution >= 0.6 is 11.6 Å². The van der Waals surface area contributed by atoms with Crippen molar-refractivity contribution >= 4 is 11.6 Å². The second-order valence-electron chi connectivity index (χ2n) is 4.88. The number of benzene rings is 1. The molecule has 112 valence electrons. The zero-order valence-electron chi connectivity index (χ0n) is 12.0. The van der Waals surface area contributed by atoms with Crippen LogP contribution in [0.2, 0.25) is 5.02 Å². The number of hydrogen-bond acceptors (Lipinski definition) is 3. The Hall–Kier alpha value is -1.78. The Morgan fingerprint density at radius 1 is 1.29 bits per heavy atom. The molecule has 0 aliphatic heterocycles. The van der Waals surface area contributed by atoms with Crippen LogP contribution in [0, 0.1) is 0 Å². The van der Waals surface area contributed by atoms with Crippen molar-refractivity contribution in [3.05, 3.63) is 63.5 Å². The van der Waals surface area contributed by atoms with Crippen molar-refractivity contribution in [2.75, 3.05) is 0 Å². The Labute approximate surface area is 129 Å². The molecule has 4 nitrogen and oxygen atoms in total. The third-order valence-electron chi connectivity index (χ3n) is 3.28. The minimum absolute atomic E-state index is 0.0403. The van der Waals surface area contributed by atoms with E-state index in [1.54, 1.807) is 29.0 Å². The van der Waals surface area contributed by atoms with Gasteiger partial charge in [-0.3, -0.25) is 4.79 Å². The van der Waals surface area contributed by atoms with Crippen molar-refractivity contribution in [1.29, 1.82) is 0 Å². The SMILES string of the molecule is CCC(N)Cn1cccc(OCc2ccccc2Cl)c1=O. The van der Waals surface area contributed by atoms with Crippen molar-refractivity contribution in [3.8, 4) is 5.75 Å². The Morgan fingerprint density at radius 2 is 2.05 bits per heavy atom. The fourth-order valence-electron chi connectivity index (χ4n) is 1.92. The summed E-state index contributed by atoms with van der Waals surface area (Å²) in [5.41, 5.74) is 6.56. The Bertz CT molecular complexity index is 655. The molecule has 2 rings (SSSR count). The van der Waals surface area contributed by atoms with Crippen molar-refractivity contribution in [1.82, 2.24) is 4.57 Å². The third kappa shape index (κ3) is 4.09. The van der Waals surface area contributed by atoms with Crippen LogP contribution in [0.4, 0.5) is 0 Å². The lowest BCUT2D eigenvalue weighted by Gasteiger charge is -2.13. The standard InChI is InChI=1S/C16H19ClN2O2/c1-2-13(18)10-19-9-5-8-15(16(19)20)21-11-12-6-3-4-7-14(12)17/h3-9,13H,2,10-11,18H2,1H3. The molecule has 1 aromatic heterocycles. The summed E-state index contributed by atoms with van der Waals surface area (Å²) in [7, 11) is 0. The summed E-state index contributed by atoms with van der Waals surface area (Å²) in [6, 6.07) is 10.8. The molecule has 21 heavy (non-hydrogen) atoms. The fraction of sp³-hybridized carbons (Fsp3) is 0.312. The highest BCUT2D eigenvalue weighted by molar-refractivity contribution is 6.31. The van der Waals surface area contributed by atoms with E-state index in [4.69, 9.17) is 22.1 Å². The highest BCUT2D eigenvalue weighted by Gasteiger charge is 2.08. The Balaban J connectivity index is 2.12. The van der Waals surface area contributed by atoms with Crippen LogP contribution in [0.15, 0.2) is 47.4 Å². The molecule has 0 saturated carbocycles. The molecule has 0 fully saturated rings. The lowest BCUT2D eigenvalue weighted by atomic mass is 10.2. The normalized spacial score (nSPS) is 12.1. The predicted molar refractivity (Wildman–Crippen MR) is 84.8 cm³/mol. The molecule has 0 bridgehead atoms. The van der Waals surface area contributed by atoms with Crippen molar-refractivity contribution in [2.45, 2.75) is 32.5 Å². The van der Waals surface area contributed by atoms with Crippen LogP contribution in [0.5, 0.6) is 5.75 Å². The summed E-state index contributed by atoms with van der Waals surface area (Å²) < 4.78 is 7.18. The van der Waals surface area contributed by atoms with Gasteiger partial charge in [0, 0.05) is 29.4 Å². The van der Waals surface area contributed by atoms with Gasteiger partial charge in [0.15, 0.2) is 5.75 Å². The van der Waals surface area contributed by atoms with Crippen LogP contribution in [0.25, 0.3) is 0 Å². The van der Waals surface area contributed by atoms with Crippen LogP contribution in [-0.2, 0) is 13.2 Å². The van der Waals surface area contributed by atoms with E-state index in [0.717, 1.165) is 12.0 Å². The van der Waals surface area contributed by atoms with Gasteiger partial charge in [0.05, 0.1) is 0 Å². The Kier molecular flexibility index (Phi) is 5.42. The predicted octanol–water partition coefficient (Wildman–Crippen LogP) is 2.82. The van der Waals surface area contributed by atoms with Gasteiger partial charge in [-0.1, -0.05) is 36.7 Å². The van der Waals surface area contributed by atoms with Crippen LogP contribution in [0.3, 0.4) is 0 Å². The molecular formula is C16H19ClN2O2. The first kappa shape index (κ1) is 15.6. The maximum absolute atomic E-state index is 12.3. The zero-order valence-corrected chi connectivity index (χ0v) is 12.7. The first-order valence-corrected chi connectivity index (χ1v) is 7.31. The number of nitrogens with two attached hydrogens (primary N) is 1. The number of hydrogen-bond donors (Lipinski definition) is 1. The van der Waals surface area contributed by atoms with Gasteiger partial charge in [0.25, 0.3) is 5.56 Å². The maximum Gasteiger partial charge on any atom is 0.292 e. The van der Waals surface area contributed by atoms with Gasteiger partial charge in [-0.15, -0.1) is 0 Å². The molecule has 0 spiro atoms. The van der Waals surface area contributed by atoms with Gasteiger partial charge >= 0.3 is 0 Å². The van der Waals surface area contributed by atoms with Crippen molar-refractivity contribution < 1.29 is 4.74 Å². The number of ether oxygens (including phenoxy) is 1. The first-order chi connectivity index (χ1) is 10.1. The minimum Gasteiger partial charge on any atom is -0.483 e. The van der Waals surface area contributed by atoms with E-state index in [1.165, 1.54) is 0 Å². The lowest BCUT2D eigenvalue weighted by molar-refractivity contribution is 0.298. The van der Waals surface area contributed by atoms with Gasteiger partial charge in [-0.05, 0) is 24.6 Å². The van der Waals surface area contributed by atoms with E-state index in [1.807, 2.05) is 25.1 Å². The third-order valence-corrected chi connectivity index (χ3v) is 3.65. The molecule has 5 heteroatoms. The summed E-state index contributed by atoms with van der Waals surface area (Å²) in [5, 5.41) is 0.627. The fourth-order valence-corrected chi connectivity index (χ4v) is 2.11. The summed E-state index contributed by atoms with van der Waals surface area (Å²) in [5.74, 6) is 0.306. The molecular weight excluding hydrogens is 288 g/mol. The lowest BCUT2D eigenvalue weighted by Crippen LogP contribution is -2.31. The second kappa shape index (κ2) is 7.29. The first-order valence-electron chi connectivity index (χ1n) is 6.93. The quantitative estimate of drug-likeness (QED) is 0.893. The summed E-state index contributed by atoms with van der Waals surface area (Å²) >= 11 is 6.07. The molecule has 0 saturated heterocycles. The highest BCUT2D eigenvalue weighted by atomic mass is 35.5. The maximum atomic E-state index is 12.3. The largest absolute Gasteiger partial charge is 0.483 e. The van der Waals surface area contributed by atoms with Crippen molar-refractivity contribution in [3.63, 3.8) is 0 Å². The number of nitrogens with zero attached hydrogens (tertiary/aromatic N) is 1. The Morgan fingerprint density at radius 3 is 2.76 bits per heavy atom. The zero-order chi connectivity index (χ0) is 15.2. The van der Waals surface area contributed by atoms with Crippen LogP contribution < -0.4 is 16.0 Å². The second-order valence-corrected chi connectivity index (χ2v) is 5.29. The van der Waals surface area contributed by atoms with E-state index in [0.29, 0.717) is 17.3 Å². The molecule has 1 atom stereocenters. The van der Waals surface area contributed by atoms with Crippen LogP contribution in [0.1, 0.15) is 18.9 Å². The molecule has 0 amide bonds. The molecule has 0 aliphatic rings. The van der Waals surface area contributed by atoms with E-state index in [-0.39, 0.29) is 18.2 Å². The molecule has 1 heterocycles. The average molecular weight is 307 g/mol. The van der Waals surface area contributed by atoms with Gasteiger partial charge in [-0.25, -0.2) is 0 Å². The number of aromatic nitrogens is 1. The number of halogens is 1.